The van der Waals surface area contributed by atoms with E-state index in [0.717, 1.165) is 79.3 Å². The van der Waals surface area contributed by atoms with Crippen LogP contribution in [0.4, 0.5) is 4.79 Å². The number of carboxylic acid groups (broad SMARTS) is 1. The lowest BCUT2D eigenvalue weighted by Gasteiger charge is -2.46. The Balaban J connectivity index is 1.10. The second-order valence-electron chi connectivity index (χ2n) is 15.8. The molecule has 2 heterocycles. The second kappa shape index (κ2) is 15.7. The molecule has 1 aliphatic carbocycles. The fourth-order valence-corrected chi connectivity index (χ4v) is 12.9. The minimum atomic E-state index is -2.58. The Hall–Kier alpha value is -3.66. The summed E-state index contributed by atoms with van der Waals surface area (Å²) in [7, 11) is 1.56. The zero-order chi connectivity index (χ0) is 35.3. The number of piperidine rings is 1. The molecule has 6 rings (SSSR count). The first kappa shape index (κ1) is 36.1. The van der Waals surface area contributed by atoms with Gasteiger partial charge in [-0.15, -0.1) is 0 Å². The summed E-state index contributed by atoms with van der Waals surface area (Å²) in [5.41, 5.74) is 2.84. The first-order valence-corrected chi connectivity index (χ1v) is 20.4. The number of aromatic nitrogens is 1. The Morgan fingerprint density at radius 2 is 1.52 bits per heavy atom. The molecule has 4 aromatic rings. The van der Waals surface area contributed by atoms with Crippen molar-refractivity contribution in [1.82, 2.24) is 15.0 Å². The molecule has 0 bridgehead atoms. The van der Waals surface area contributed by atoms with Crippen LogP contribution in [0.2, 0.25) is 5.04 Å². The van der Waals surface area contributed by atoms with Crippen molar-refractivity contribution in [2.75, 3.05) is 33.8 Å². The highest BCUT2D eigenvalue weighted by atomic mass is 28.4. The van der Waals surface area contributed by atoms with Crippen molar-refractivity contribution in [3.8, 4) is 5.75 Å². The molecule has 1 N–H and O–H groups in total. The number of hydrogen-bond acceptors (Lipinski definition) is 6. The molecule has 0 unspecified atom stereocenters. The van der Waals surface area contributed by atoms with Crippen molar-refractivity contribution in [3.63, 3.8) is 0 Å². The maximum Gasteiger partial charge on any atom is 0.407 e. The molecule has 268 valence electrons. The van der Waals surface area contributed by atoms with E-state index in [1.807, 2.05) is 0 Å². The lowest BCUT2D eigenvalue weighted by molar-refractivity contribution is 0.102. The Morgan fingerprint density at radius 1 is 0.900 bits per heavy atom. The van der Waals surface area contributed by atoms with E-state index in [2.05, 4.69) is 118 Å². The number of rotatable bonds is 12. The van der Waals surface area contributed by atoms with E-state index in [-0.39, 0.29) is 11.1 Å². The van der Waals surface area contributed by atoms with Gasteiger partial charge in [0.2, 0.25) is 0 Å². The van der Waals surface area contributed by atoms with E-state index in [0.29, 0.717) is 38.1 Å². The van der Waals surface area contributed by atoms with Crippen LogP contribution in [0.5, 0.6) is 5.75 Å². The van der Waals surface area contributed by atoms with Gasteiger partial charge in [0.25, 0.3) is 8.32 Å². The van der Waals surface area contributed by atoms with Crippen LogP contribution in [0.3, 0.4) is 0 Å². The van der Waals surface area contributed by atoms with Crippen LogP contribution < -0.4 is 15.1 Å². The smallest absolute Gasteiger partial charge is 0.407 e. The average molecular weight is 698 g/mol. The predicted molar refractivity (Wildman–Crippen MR) is 202 cm³/mol. The fourth-order valence-electron chi connectivity index (χ4n) is 8.19. The van der Waals surface area contributed by atoms with Crippen molar-refractivity contribution < 1.29 is 23.6 Å². The average Bonchev–Trinajstić information content (AvgIpc) is 3.53. The molecule has 9 heteroatoms. The number of hydrogen-bond donors (Lipinski definition) is 1. The highest BCUT2D eigenvalue weighted by molar-refractivity contribution is 6.99. The second-order valence-corrected chi connectivity index (χ2v) is 20.0. The SMILES string of the molecule is CN(C)Cc1c(OCC2CCC(O[Si](c3ccccc3)(c3ccccc3)C(C)(C)C)CC2)ccc2c(CCC3CCN(C(=O)O)CC3)noc12. The normalized spacial score (nSPS) is 19.3. The van der Waals surface area contributed by atoms with Gasteiger partial charge in [0.05, 0.1) is 17.9 Å². The highest BCUT2D eigenvalue weighted by Gasteiger charge is 2.51. The number of ether oxygens (including phenoxy) is 1. The molecule has 0 radical (unpaired) electrons. The van der Waals surface area contributed by atoms with Gasteiger partial charge in [-0.2, -0.15) is 0 Å². The van der Waals surface area contributed by atoms with Crippen LogP contribution in [0, 0.1) is 11.8 Å². The molecule has 3 aromatic carbocycles. The van der Waals surface area contributed by atoms with Gasteiger partial charge >= 0.3 is 6.09 Å². The van der Waals surface area contributed by atoms with Gasteiger partial charge in [0.15, 0.2) is 5.58 Å². The lowest BCUT2D eigenvalue weighted by Crippen LogP contribution is -2.67. The molecule has 1 aliphatic heterocycles. The third-order valence-corrected chi connectivity index (χ3v) is 16.0. The Bertz CT molecular complexity index is 1650. The summed E-state index contributed by atoms with van der Waals surface area (Å²) in [5.74, 6) is 1.85. The third kappa shape index (κ3) is 7.95. The maximum absolute atomic E-state index is 11.3. The molecule has 50 heavy (non-hydrogen) atoms. The summed E-state index contributed by atoms with van der Waals surface area (Å²) in [6, 6.07) is 26.1. The number of amides is 1. The van der Waals surface area contributed by atoms with E-state index < -0.39 is 14.4 Å². The van der Waals surface area contributed by atoms with Crippen molar-refractivity contribution in [3.05, 3.63) is 84.1 Å². The van der Waals surface area contributed by atoms with Crippen molar-refractivity contribution in [1.29, 1.82) is 0 Å². The van der Waals surface area contributed by atoms with E-state index in [1.54, 1.807) is 0 Å². The van der Waals surface area contributed by atoms with Gasteiger partial charge in [-0.3, -0.25) is 0 Å². The molecule has 1 saturated carbocycles. The molecule has 2 aliphatic rings. The number of aryl methyl sites for hydroxylation is 1. The number of fused-ring (bicyclic) bond motifs is 1. The standard InChI is InChI=1S/C41H55N3O5Si/c1-41(2,3)50(33-12-8-6-9-13-33,34-14-10-7-11-15-34)49-32-19-16-31(17-20-32)29-47-38-23-21-35-37(42-48-39(35)36(38)28-43(4)5)22-18-30-24-26-44(27-25-30)40(45)46/h6-15,21,23,30-32H,16-20,22,24-29H2,1-5H3,(H,45,46). The summed E-state index contributed by atoms with van der Waals surface area (Å²) in [6.07, 6.45) is 7.23. The number of likely N-dealkylation sites (tertiary alicyclic amines) is 1. The van der Waals surface area contributed by atoms with Gasteiger partial charge in [0, 0.05) is 31.1 Å². The van der Waals surface area contributed by atoms with Crippen LogP contribution in [-0.2, 0) is 17.4 Å². The summed E-state index contributed by atoms with van der Waals surface area (Å²) in [5, 5.41) is 17.5. The zero-order valence-corrected chi connectivity index (χ0v) is 31.6. The zero-order valence-electron chi connectivity index (χ0n) is 30.6. The topological polar surface area (TPSA) is 88.3 Å². The van der Waals surface area contributed by atoms with Crippen molar-refractivity contribution in [2.45, 2.75) is 89.8 Å². The van der Waals surface area contributed by atoms with E-state index in [1.165, 1.54) is 15.3 Å². The van der Waals surface area contributed by atoms with Crippen molar-refractivity contribution in [2.24, 2.45) is 11.8 Å². The Kier molecular flexibility index (Phi) is 11.3. The molecule has 8 nitrogen and oxygen atoms in total. The van der Waals surface area contributed by atoms with Gasteiger partial charge in [0.1, 0.15) is 5.75 Å². The largest absolute Gasteiger partial charge is 0.493 e. The Morgan fingerprint density at radius 3 is 2.08 bits per heavy atom. The first-order chi connectivity index (χ1) is 24.0. The molecular formula is C41H55N3O5Si. The Labute approximate surface area is 298 Å². The fraction of sp³-hybridized carbons (Fsp3) is 0.512. The van der Waals surface area contributed by atoms with Gasteiger partial charge in [-0.25, -0.2) is 4.79 Å². The molecule has 1 saturated heterocycles. The quantitative estimate of drug-likeness (QED) is 0.152. The summed E-state index contributed by atoms with van der Waals surface area (Å²) < 4.78 is 20.1. The molecule has 0 spiro atoms. The van der Waals surface area contributed by atoms with Gasteiger partial charge in [-0.1, -0.05) is 86.6 Å². The maximum atomic E-state index is 11.3. The van der Waals surface area contributed by atoms with Crippen LogP contribution in [0.25, 0.3) is 11.0 Å². The van der Waals surface area contributed by atoms with Gasteiger partial charge in [-0.05, 0) is 105 Å². The lowest BCUT2D eigenvalue weighted by atomic mass is 9.88. The van der Waals surface area contributed by atoms with Crippen LogP contribution in [0.1, 0.15) is 77.0 Å². The number of carbonyl (C=O) groups is 1. The summed E-state index contributed by atoms with van der Waals surface area (Å²) in [6.45, 7) is 9.66. The molecule has 2 fully saturated rings. The molecular weight excluding hydrogens is 643 g/mol. The van der Waals surface area contributed by atoms with Crippen LogP contribution >= 0.6 is 0 Å². The molecule has 0 atom stereocenters. The number of nitrogens with zero attached hydrogens (tertiary/aromatic N) is 3. The third-order valence-electron chi connectivity index (χ3n) is 11.0. The molecule has 1 amide bonds. The first-order valence-electron chi connectivity index (χ1n) is 18.5. The monoisotopic (exact) mass is 697 g/mol. The van der Waals surface area contributed by atoms with E-state index >= 15 is 0 Å². The number of benzene rings is 3. The predicted octanol–water partition coefficient (Wildman–Crippen LogP) is 7.73. The van der Waals surface area contributed by atoms with E-state index in [4.69, 9.17) is 13.7 Å². The summed E-state index contributed by atoms with van der Waals surface area (Å²) in [4.78, 5) is 15.0. The van der Waals surface area contributed by atoms with Crippen LogP contribution in [0.15, 0.2) is 77.3 Å². The van der Waals surface area contributed by atoms with Crippen molar-refractivity contribution >= 4 is 35.8 Å². The minimum Gasteiger partial charge on any atom is -0.493 e. The highest BCUT2D eigenvalue weighted by Crippen LogP contribution is 2.40. The van der Waals surface area contributed by atoms with Crippen LogP contribution in [-0.4, -0.2) is 74.4 Å². The molecule has 1 aromatic heterocycles. The summed E-state index contributed by atoms with van der Waals surface area (Å²) >= 11 is 0. The van der Waals surface area contributed by atoms with E-state index in [9.17, 15) is 9.90 Å². The van der Waals surface area contributed by atoms with Gasteiger partial charge < -0.3 is 28.6 Å². The minimum absolute atomic E-state index is 0.0302.